The number of rotatable bonds is 1. The van der Waals surface area contributed by atoms with Crippen molar-refractivity contribution in [1.29, 1.82) is 0 Å². The number of nitrogens with one attached hydrogen (secondary N) is 1. The topological polar surface area (TPSA) is 24.9 Å². The van der Waals surface area contributed by atoms with Gasteiger partial charge in [-0.3, -0.25) is 10.3 Å². The first-order chi connectivity index (χ1) is 5.81. The molecule has 1 unspecified atom stereocenters. The van der Waals surface area contributed by atoms with E-state index in [2.05, 4.69) is 23.3 Å². The molecule has 0 aromatic carbocycles. The molecule has 1 N–H and O–H groups in total. The van der Waals surface area contributed by atoms with Gasteiger partial charge in [0.1, 0.15) is 0 Å². The molecular weight excluding hydrogens is 168 g/mol. The van der Waals surface area contributed by atoms with Crippen molar-refractivity contribution in [3.05, 3.63) is 30.1 Å². The van der Waals surface area contributed by atoms with E-state index in [9.17, 15) is 0 Å². The van der Waals surface area contributed by atoms with Crippen LogP contribution in [0.15, 0.2) is 24.5 Å². The SMILES string of the molecule is CC1(c2cccnc2)NCCS1. The first kappa shape index (κ1) is 8.08. The van der Waals surface area contributed by atoms with Crippen molar-refractivity contribution >= 4 is 11.8 Å². The monoisotopic (exact) mass is 180 g/mol. The molecule has 1 aromatic rings. The smallest absolute Gasteiger partial charge is 0.0888 e. The molecule has 1 atom stereocenters. The van der Waals surface area contributed by atoms with Crippen molar-refractivity contribution < 1.29 is 0 Å². The van der Waals surface area contributed by atoms with E-state index in [1.165, 1.54) is 11.3 Å². The van der Waals surface area contributed by atoms with Gasteiger partial charge in [-0.15, -0.1) is 11.8 Å². The molecule has 0 bridgehead atoms. The number of thioether (sulfide) groups is 1. The van der Waals surface area contributed by atoms with Crippen molar-refractivity contribution in [3.63, 3.8) is 0 Å². The Morgan fingerprint density at radius 3 is 3.17 bits per heavy atom. The maximum atomic E-state index is 4.12. The van der Waals surface area contributed by atoms with Crippen LogP contribution in [0.2, 0.25) is 0 Å². The number of pyridine rings is 1. The summed E-state index contributed by atoms with van der Waals surface area (Å²) < 4.78 is 0. The van der Waals surface area contributed by atoms with Crippen LogP contribution in [0.3, 0.4) is 0 Å². The van der Waals surface area contributed by atoms with Gasteiger partial charge in [0, 0.05) is 30.3 Å². The van der Waals surface area contributed by atoms with Crippen molar-refractivity contribution in [2.24, 2.45) is 0 Å². The van der Waals surface area contributed by atoms with Crippen LogP contribution in [0.5, 0.6) is 0 Å². The zero-order valence-corrected chi connectivity index (χ0v) is 7.90. The molecule has 12 heavy (non-hydrogen) atoms. The third-order valence-corrected chi connectivity index (χ3v) is 3.53. The zero-order valence-electron chi connectivity index (χ0n) is 7.08. The lowest BCUT2D eigenvalue weighted by Gasteiger charge is -2.23. The van der Waals surface area contributed by atoms with Crippen molar-refractivity contribution in [2.45, 2.75) is 11.8 Å². The molecule has 0 aliphatic carbocycles. The minimum absolute atomic E-state index is 0.0915. The third kappa shape index (κ3) is 1.34. The summed E-state index contributed by atoms with van der Waals surface area (Å²) in [4.78, 5) is 4.21. The van der Waals surface area contributed by atoms with Crippen molar-refractivity contribution in [1.82, 2.24) is 10.3 Å². The highest BCUT2D eigenvalue weighted by atomic mass is 32.2. The first-order valence-electron chi connectivity index (χ1n) is 4.11. The van der Waals surface area contributed by atoms with E-state index in [0.717, 1.165) is 6.54 Å². The van der Waals surface area contributed by atoms with E-state index < -0.39 is 0 Å². The molecule has 1 aromatic heterocycles. The molecule has 2 rings (SSSR count). The number of hydrogen-bond donors (Lipinski definition) is 1. The number of nitrogens with zero attached hydrogens (tertiary/aromatic N) is 1. The highest BCUT2D eigenvalue weighted by Crippen LogP contribution is 2.36. The fourth-order valence-corrected chi connectivity index (χ4v) is 2.53. The summed E-state index contributed by atoms with van der Waals surface area (Å²) in [6, 6.07) is 4.11. The van der Waals surface area contributed by atoms with E-state index in [4.69, 9.17) is 0 Å². The molecule has 0 amide bonds. The largest absolute Gasteiger partial charge is 0.298 e. The van der Waals surface area contributed by atoms with Crippen molar-refractivity contribution in [2.75, 3.05) is 12.3 Å². The Kier molecular flexibility index (Phi) is 2.07. The summed E-state index contributed by atoms with van der Waals surface area (Å²) in [5.74, 6) is 1.19. The predicted octanol–water partition coefficient (Wildman–Crippen LogP) is 1.59. The molecule has 3 heteroatoms. The van der Waals surface area contributed by atoms with Crippen LogP contribution in [0.4, 0.5) is 0 Å². The average molecular weight is 180 g/mol. The quantitative estimate of drug-likeness (QED) is 0.710. The maximum absolute atomic E-state index is 4.12. The predicted molar refractivity (Wildman–Crippen MR) is 52.0 cm³/mol. The second kappa shape index (κ2) is 3.07. The second-order valence-electron chi connectivity index (χ2n) is 3.05. The van der Waals surface area contributed by atoms with Gasteiger partial charge >= 0.3 is 0 Å². The van der Waals surface area contributed by atoms with Gasteiger partial charge in [0.15, 0.2) is 0 Å². The lowest BCUT2D eigenvalue weighted by Crippen LogP contribution is -2.30. The van der Waals surface area contributed by atoms with E-state index in [1.54, 1.807) is 0 Å². The molecule has 64 valence electrons. The van der Waals surface area contributed by atoms with Crippen LogP contribution < -0.4 is 5.32 Å². The molecule has 0 saturated carbocycles. The van der Waals surface area contributed by atoms with Gasteiger partial charge in [-0.2, -0.15) is 0 Å². The van der Waals surface area contributed by atoms with Gasteiger partial charge in [-0.1, -0.05) is 6.07 Å². The fourth-order valence-electron chi connectivity index (χ4n) is 1.43. The molecule has 1 aliphatic heterocycles. The maximum Gasteiger partial charge on any atom is 0.0888 e. The summed E-state index contributed by atoms with van der Waals surface area (Å²) >= 11 is 1.95. The molecular formula is C9H12N2S. The van der Waals surface area contributed by atoms with Gasteiger partial charge in [0.2, 0.25) is 0 Å². The van der Waals surface area contributed by atoms with Gasteiger partial charge < -0.3 is 0 Å². The Balaban J connectivity index is 2.29. The van der Waals surface area contributed by atoms with Crippen LogP contribution in [0.1, 0.15) is 12.5 Å². The van der Waals surface area contributed by atoms with Crippen molar-refractivity contribution in [3.8, 4) is 0 Å². The van der Waals surface area contributed by atoms with E-state index in [0.29, 0.717) is 0 Å². The molecule has 1 aliphatic rings. The normalized spacial score (nSPS) is 29.1. The van der Waals surface area contributed by atoms with Gasteiger partial charge in [0.25, 0.3) is 0 Å². The molecule has 1 fully saturated rings. The van der Waals surface area contributed by atoms with Crippen LogP contribution in [0.25, 0.3) is 0 Å². The van der Waals surface area contributed by atoms with Gasteiger partial charge in [-0.25, -0.2) is 0 Å². The van der Waals surface area contributed by atoms with E-state index in [1.807, 2.05) is 30.2 Å². The summed E-state index contributed by atoms with van der Waals surface area (Å²) in [5.41, 5.74) is 1.27. The zero-order chi connectivity index (χ0) is 8.44. The molecule has 0 spiro atoms. The van der Waals surface area contributed by atoms with E-state index >= 15 is 0 Å². The lowest BCUT2D eigenvalue weighted by atomic mass is 10.1. The third-order valence-electron chi connectivity index (χ3n) is 2.17. The van der Waals surface area contributed by atoms with E-state index in [-0.39, 0.29) is 4.87 Å². The van der Waals surface area contributed by atoms with Crippen LogP contribution >= 0.6 is 11.8 Å². The lowest BCUT2D eigenvalue weighted by molar-refractivity contribution is 0.572. The molecule has 2 nitrogen and oxygen atoms in total. The Labute approximate surface area is 76.8 Å². The standard InChI is InChI=1S/C9H12N2S/c1-9(11-5-6-12-9)8-3-2-4-10-7-8/h2-4,7,11H,5-6H2,1H3. The Hall–Kier alpha value is -0.540. The minimum atomic E-state index is 0.0915. The molecule has 2 heterocycles. The average Bonchev–Trinajstić information content (AvgIpc) is 2.55. The molecule has 1 saturated heterocycles. The van der Waals surface area contributed by atoms with Crippen LogP contribution in [-0.2, 0) is 4.87 Å². The summed E-state index contributed by atoms with van der Waals surface area (Å²) in [6.45, 7) is 3.30. The highest BCUT2D eigenvalue weighted by molar-refractivity contribution is 8.00. The Morgan fingerprint density at radius 2 is 2.58 bits per heavy atom. The molecule has 0 radical (unpaired) electrons. The number of aromatic nitrogens is 1. The fraction of sp³-hybridized carbons (Fsp3) is 0.444. The number of hydrogen-bond acceptors (Lipinski definition) is 3. The summed E-state index contributed by atoms with van der Waals surface area (Å²) in [6.07, 6.45) is 3.75. The highest BCUT2D eigenvalue weighted by Gasteiger charge is 2.30. The van der Waals surface area contributed by atoms with Gasteiger partial charge in [-0.05, 0) is 13.0 Å². The van der Waals surface area contributed by atoms with Crippen LogP contribution in [-0.4, -0.2) is 17.3 Å². The summed E-state index contributed by atoms with van der Waals surface area (Å²) in [5, 5.41) is 3.47. The second-order valence-corrected chi connectivity index (χ2v) is 4.56. The Morgan fingerprint density at radius 1 is 1.67 bits per heavy atom. The summed E-state index contributed by atoms with van der Waals surface area (Å²) in [7, 11) is 0. The Bertz CT molecular complexity index is 254. The van der Waals surface area contributed by atoms with Gasteiger partial charge in [0.05, 0.1) is 4.87 Å². The van der Waals surface area contributed by atoms with Crippen LogP contribution in [0, 0.1) is 0 Å². The first-order valence-corrected chi connectivity index (χ1v) is 5.09. The minimum Gasteiger partial charge on any atom is -0.298 e.